The molecule has 1 aliphatic heterocycles. The molecule has 3 aromatic rings. The van der Waals surface area contributed by atoms with Gasteiger partial charge in [0.2, 0.25) is 0 Å². The van der Waals surface area contributed by atoms with E-state index >= 15 is 0 Å². The second kappa shape index (κ2) is 9.39. The van der Waals surface area contributed by atoms with Crippen LogP contribution in [0.2, 0.25) is 0 Å². The van der Waals surface area contributed by atoms with Gasteiger partial charge in [0.05, 0.1) is 17.2 Å². The van der Waals surface area contributed by atoms with Gasteiger partial charge in [-0.1, -0.05) is 12.1 Å². The van der Waals surface area contributed by atoms with Gasteiger partial charge in [0.15, 0.2) is 6.61 Å². The molecular formula is C24H21N3O6. The highest BCUT2D eigenvalue weighted by Crippen LogP contribution is 2.34. The van der Waals surface area contributed by atoms with Crippen LogP contribution in [0.3, 0.4) is 0 Å². The Balaban J connectivity index is 1.46. The lowest BCUT2D eigenvalue weighted by molar-refractivity contribution is -0.384. The quantitative estimate of drug-likeness (QED) is 0.434. The van der Waals surface area contributed by atoms with E-state index in [9.17, 15) is 19.7 Å². The standard InChI is InChI=1S/C24H21N3O6/c1-16-3-2-4-20(13-16)32-12-11-26-21-14-18(7-10-22(21)33-15-23(26)28)25-24(29)17-5-8-19(9-6-17)27(30)31/h2-10,13-14H,11-12,15H2,1H3,(H,25,29). The zero-order chi connectivity index (χ0) is 23.4. The second-order valence-electron chi connectivity index (χ2n) is 7.44. The first-order chi connectivity index (χ1) is 15.9. The Morgan fingerprint density at radius 1 is 1.15 bits per heavy atom. The number of benzene rings is 3. The molecule has 0 saturated carbocycles. The van der Waals surface area contributed by atoms with E-state index in [1.54, 1.807) is 23.1 Å². The second-order valence-corrected chi connectivity index (χ2v) is 7.44. The zero-order valence-electron chi connectivity index (χ0n) is 17.8. The molecule has 0 saturated heterocycles. The van der Waals surface area contributed by atoms with Gasteiger partial charge < -0.3 is 19.7 Å². The largest absolute Gasteiger partial charge is 0.492 e. The molecule has 2 amide bonds. The minimum Gasteiger partial charge on any atom is -0.492 e. The molecule has 0 spiro atoms. The molecule has 0 fully saturated rings. The molecule has 1 aliphatic rings. The normalized spacial score (nSPS) is 12.5. The Kier molecular flexibility index (Phi) is 6.21. The molecule has 168 valence electrons. The summed E-state index contributed by atoms with van der Waals surface area (Å²) < 4.78 is 11.3. The maximum absolute atomic E-state index is 12.6. The van der Waals surface area contributed by atoms with Crippen LogP contribution in [-0.2, 0) is 4.79 Å². The van der Waals surface area contributed by atoms with Gasteiger partial charge in [-0.05, 0) is 55.0 Å². The number of nitro benzene ring substituents is 1. The number of aryl methyl sites for hydroxylation is 1. The molecule has 0 unspecified atom stereocenters. The fourth-order valence-corrected chi connectivity index (χ4v) is 3.42. The maximum atomic E-state index is 12.6. The van der Waals surface area contributed by atoms with Crippen molar-refractivity contribution in [3.63, 3.8) is 0 Å². The summed E-state index contributed by atoms with van der Waals surface area (Å²) >= 11 is 0. The number of carbonyl (C=O) groups excluding carboxylic acids is 2. The van der Waals surface area contributed by atoms with E-state index < -0.39 is 10.8 Å². The molecule has 9 heteroatoms. The lowest BCUT2D eigenvalue weighted by atomic mass is 10.1. The van der Waals surface area contributed by atoms with Crippen LogP contribution in [0.1, 0.15) is 15.9 Å². The third-order valence-electron chi connectivity index (χ3n) is 5.07. The summed E-state index contributed by atoms with van der Waals surface area (Å²) in [4.78, 5) is 36.9. The summed E-state index contributed by atoms with van der Waals surface area (Å²) in [6.07, 6.45) is 0. The molecular weight excluding hydrogens is 426 g/mol. The van der Waals surface area contributed by atoms with Crippen LogP contribution in [0.5, 0.6) is 11.5 Å². The fourth-order valence-electron chi connectivity index (χ4n) is 3.42. The minimum absolute atomic E-state index is 0.0774. The summed E-state index contributed by atoms with van der Waals surface area (Å²) in [7, 11) is 0. The molecule has 0 radical (unpaired) electrons. The van der Waals surface area contributed by atoms with E-state index in [0.717, 1.165) is 11.3 Å². The van der Waals surface area contributed by atoms with Gasteiger partial charge in [-0.25, -0.2) is 0 Å². The average molecular weight is 447 g/mol. The number of nitrogens with one attached hydrogen (secondary N) is 1. The number of hydrogen-bond acceptors (Lipinski definition) is 6. The van der Waals surface area contributed by atoms with Gasteiger partial charge in [-0.15, -0.1) is 0 Å². The number of ether oxygens (including phenoxy) is 2. The first kappa shape index (κ1) is 21.8. The van der Waals surface area contributed by atoms with Crippen molar-refractivity contribution < 1.29 is 24.0 Å². The number of non-ortho nitro benzene ring substituents is 1. The number of fused-ring (bicyclic) bond motifs is 1. The molecule has 0 aromatic heterocycles. The third-order valence-corrected chi connectivity index (χ3v) is 5.07. The van der Waals surface area contributed by atoms with Crippen molar-refractivity contribution in [3.05, 3.63) is 88.0 Å². The maximum Gasteiger partial charge on any atom is 0.269 e. The molecule has 3 aromatic carbocycles. The summed E-state index contributed by atoms with van der Waals surface area (Å²) in [5.74, 6) is 0.606. The summed E-state index contributed by atoms with van der Waals surface area (Å²) in [6, 6.07) is 18.0. The molecule has 1 heterocycles. The molecule has 33 heavy (non-hydrogen) atoms. The van der Waals surface area contributed by atoms with Crippen molar-refractivity contribution in [1.82, 2.24) is 0 Å². The highest BCUT2D eigenvalue weighted by molar-refractivity contribution is 6.05. The van der Waals surface area contributed by atoms with Gasteiger partial charge >= 0.3 is 0 Å². The SMILES string of the molecule is Cc1cccc(OCCN2C(=O)COc3ccc(NC(=O)c4ccc([N+](=O)[O-])cc4)cc32)c1. The number of nitrogens with zero attached hydrogens (tertiary/aromatic N) is 2. The highest BCUT2D eigenvalue weighted by atomic mass is 16.6. The van der Waals surface area contributed by atoms with Crippen molar-refractivity contribution in [2.75, 3.05) is 30.0 Å². The van der Waals surface area contributed by atoms with Crippen molar-refractivity contribution >= 4 is 28.9 Å². The number of carbonyl (C=O) groups is 2. The van der Waals surface area contributed by atoms with Crippen molar-refractivity contribution in [2.24, 2.45) is 0 Å². The topological polar surface area (TPSA) is 111 Å². The smallest absolute Gasteiger partial charge is 0.269 e. The predicted molar refractivity (Wildman–Crippen MR) is 122 cm³/mol. The number of amides is 2. The van der Waals surface area contributed by atoms with E-state index in [0.29, 0.717) is 23.7 Å². The van der Waals surface area contributed by atoms with Crippen LogP contribution in [0.25, 0.3) is 0 Å². The minimum atomic E-state index is -0.528. The van der Waals surface area contributed by atoms with E-state index in [2.05, 4.69) is 5.32 Å². The Morgan fingerprint density at radius 3 is 2.67 bits per heavy atom. The van der Waals surface area contributed by atoms with Crippen LogP contribution in [-0.4, -0.2) is 36.5 Å². The summed E-state index contributed by atoms with van der Waals surface area (Å²) in [6.45, 7) is 2.49. The number of anilines is 2. The molecule has 0 aliphatic carbocycles. The van der Waals surface area contributed by atoms with Gasteiger partial charge in [0.1, 0.15) is 18.1 Å². The van der Waals surface area contributed by atoms with E-state index in [1.807, 2.05) is 31.2 Å². The van der Waals surface area contributed by atoms with Crippen LogP contribution in [0.15, 0.2) is 66.7 Å². The van der Waals surface area contributed by atoms with Crippen molar-refractivity contribution in [2.45, 2.75) is 6.92 Å². The Morgan fingerprint density at radius 2 is 1.94 bits per heavy atom. The summed E-state index contributed by atoms with van der Waals surface area (Å²) in [5.41, 5.74) is 2.24. The van der Waals surface area contributed by atoms with Gasteiger partial charge in [0, 0.05) is 23.4 Å². The molecule has 4 rings (SSSR count). The van der Waals surface area contributed by atoms with Crippen molar-refractivity contribution in [1.29, 1.82) is 0 Å². The van der Waals surface area contributed by atoms with E-state index in [4.69, 9.17) is 9.47 Å². The summed E-state index contributed by atoms with van der Waals surface area (Å²) in [5, 5.41) is 13.5. The fraction of sp³-hybridized carbons (Fsp3) is 0.167. The van der Waals surface area contributed by atoms with E-state index in [1.165, 1.54) is 24.3 Å². The average Bonchev–Trinajstić information content (AvgIpc) is 2.80. The van der Waals surface area contributed by atoms with E-state index in [-0.39, 0.29) is 30.4 Å². The lowest BCUT2D eigenvalue weighted by Gasteiger charge is -2.29. The number of hydrogen-bond donors (Lipinski definition) is 1. The number of rotatable bonds is 7. The van der Waals surface area contributed by atoms with Crippen LogP contribution >= 0.6 is 0 Å². The Bertz CT molecular complexity index is 1210. The number of nitro groups is 1. The third kappa shape index (κ3) is 5.09. The molecule has 1 N–H and O–H groups in total. The Labute approximate surface area is 189 Å². The van der Waals surface area contributed by atoms with Gasteiger partial charge in [-0.2, -0.15) is 0 Å². The molecule has 0 bridgehead atoms. The van der Waals surface area contributed by atoms with Crippen LogP contribution in [0, 0.1) is 17.0 Å². The molecule has 0 atom stereocenters. The van der Waals surface area contributed by atoms with Gasteiger partial charge in [-0.3, -0.25) is 19.7 Å². The first-order valence-corrected chi connectivity index (χ1v) is 10.2. The zero-order valence-corrected chi connectivity index (χ0v) is 17.8. The lowest BCUT2D eigenvalue weighted by Crippen LogP contribution is -2.41. The molecule has 9 nitrogen and oxygen atoms in total. The Hall–Kier alpha value is -4.40. The predicted octanol–water partition coefficient (Wildman–Crippen LogP) is 3.96. The van der Waals surface area contributed by atoms with Crippen LogP contribution < -0.4 is 19.7 Å². The monoisotopic (exact) mass is 447 g/mol. The van der Waals surface area contributed by atoms with Gasteiger partial charge in [0.25, 0.3) is 17.5 Å². The van der Waals surface area contributed by atoms with Crippen molar-refractivity contribution in [3.8, 4) is 11.5 Å². The first-order valence-electron chi connectivity index (χ1n) is 10.2. The van der Waals surface area contributed by atoms with Crippen LogP contribution in [0.4, 0.5) is 17.1 Å². The highest BCUT2D eigenvalue weighted by Gasteiger charge is 2.26.